The van der Waals surface area contributed by atoms with E-state index < -0.39 is 0 Å². The molecular formula is C36H38N7O2. The molecule has 1 atom stereocenters. The largest absolute Gasteiger partial charge is 0.497 e. The van der Waals surface area contributed by atoms with Crippen molar-refractivity contribution >= 4 is 28.2 Å². The summed E-state index contributed by atoms with van der Waals surface area (Å²) in [6.07, 6.45) is 10.3. The van der Waals surface area contributed by atoms with Gasteiger partial charge in [0.15, 0.2) is 5.82 Å². The third-order valence-corrected chi connectivity index (χ3v) is 9.27. The van der Waals surface area contributed by atoms with E-state index in [1.54, 1.807) is 7.11 Å². The maximum Gasteiger partial charge on any atom is 0.309 e. The Morgan fingerprint density at radius 2 is 1.56 bits per heavy atom. The highest BCUT2D eigenvalue weighted by Gasteiger charge is 2.31. The molecular weight excluding hydrogens is 562 g/mol. The second kappa shape index (κ2) is 13.0. The van der Waals surface area contributed by atoms with E-state index in [9.17, 15) is 4.79 Å². The zero-order valence-corrected chi connectivity index (χ0v) is 25.5. The Morgan fingerprint density at radius 1 is 0.889 bits per heavy atom. The molecule has 0 saturated carbocycles. The van der Waals surface area contributed by atoms with Gasteiger partial charge in [0.25, 0.3) is 0 Å². The summed E-state index contributed by atoms with van der Waals surface area (Å²) < 4.78 is 7.76. The Bertz CT molecular complexity index is 1880. The lowest BCUT2D eigenvalue weighted by atomic mass is 9.98. The molecule has 4 heterocycles. The number of benzene rings is 3. The van der Waals surface area contributed by atoms with E-state index in [0.717, 1.165) is 73.6 Å². The number of ether oxygens (including phenoxy) is 1. The SMILES string of the molecule is COc1ccc(Cn2c(CCc3c[nH]c4ccccc34)nnc2[C@@H](Cc2c[nH]c3ccccc23)N2CCC(N[C]=O)CC2)cc1. The zero-order valence-electron chi connectivity index (χ0n) is 25.5. The van der Waals surface area contributed by atoms with Gasteiger partial charge in [0.05, 0.1) is 19.7 Å². The van der Waals surface area contributed by atoms with Gasteiger partial charge in [0.1, 0.15) is 11.6 Å². The van der Waals surface area contributed by atoms with E-state index >= 15 is 0 Å². The minimum atomic E-state index is 0.0120. The van der Waals surface area contributed by atoms with Crippen LogP contribution >= 0.6 is 0 Å². The van der Waals surface area contributed by atoms with Crippen LogP contribution in [0.2, 0.25) is 0 Å². The molecule has 0 aliphatic carbocycles. The van der Waals surface area contributed by atoms with Crippen LogP contribution < -0.4 is 10.1 Å². The van der Waals surface area contributed by atoms with Gasteiger partial charge in [-0.05, 0) is 66.6 Å². The molecule has 1 aliphatic rings. The van der Waals surface area contributed by atoms with Crippen molar-refractivity contribution in [1.29, 1.82) is 0 Å². The van der Waals surface area contributed by atoms with Crippen LogP contribution in [0.4, 0.5) is 0 Å². The molecule has 1 fully saturated rings. The molecule has 1 radical (unpaired) electrons. The average molecular weight is 601 g/mol. The van der Waals surface area contributed by atoms with Gasteiger partial charge in [0.2, 0.25) is 0 Å². The highest BCUT2D eigenvalue weighted by Crippen LogP contribution is 2.32. The van der Waals surface area contributed by atoms with E-state index in [-0.39, 0.29) is 12.1 Å². The second-order valence-corrected chi connectivity index (χ2v) is 11.9. The van der Waals surface area contributed by atoms with Crippen molar-refractivity contribution in [2.24, 2.45) is 0 Å². The maximum atomic E-state index is 11.0. The number of nitrogens with one attached hydrogen (secondary N) is 3. The van der Waals surface area contributed by atoms with Crippen molar-refractivity contribution in [3.05, 3.63) is 114 Å². The number of carbonyl (C=O) groups excluding carboxylic acids is 1. The number of likely N-dealkylation sites (tertiary alicyclic amines) is 1. The number of hydrogen-bond acceptors (Lipinski definition) is 5. The normalized spacial score (nSPS) is 15.0. The minimum absolute atomic E-state index is 0.0120. The van der Waals surface area contributed by atoms with E-state index in [1.807, 2.05) is 18.5 Å². The molecule has 1 amide bonds. The predicted molar refractivity (Wildman–Crippen MR) is 176 cm³/mol. The predicted octanol–water partition coefficient (Wildman–Crippen LogP) is 5.49. The Kier molecular flexibility index (Phi) is 8.33. The molecule has 7 rings (SSSR count). The fraction of sp³-hybridized carbons (Fsp3) is 0.306. The van der Waals surface area contributed by atoms with Crippen LogP contribution in [0.1, 0.15) is 47.2 Å². The summed E-state index contributed by atoms with van der Waals surface area (Å²) in [5.74, 6) is 2.78. The Morgan fingerprint density at radius 3 is 2.24 bits per heavy atom. The fourth-order valence-electron chi connectivity index (χ4n) is 6.78. The number of methoxy groups -OCH3 is 1. The third-order valence-electron chi connectivity index (χ3n) is 9.27. The van der Waals surface area contributed by atoms with Crippen molar-refractivity contribution in [2.75, 3.05) is 20.2 Å². The topological polar surface area (TPSA) is 104 Å². The van der Waals surface area contributed by atoms with Crippen molar-refractivity contribution in [3.63, 3.8) is 0 Å². The van der Waals surface area contributed by atoms with Crippen molar-refractivity contribution in [1.82, 2.24) is 34.9 Å². The van der Waals surface area contributed by atoms with E-state index in [1.165, 1.54) is 27.5 Å². The van der Waals surface area contributed by atoms with E-state index in [2.05, 4.69) is 97.8 Å². The lowest BCUT2D eigenvalue weighted by Crippen LogP contribution is -2.44. The molecule has 0 spiro atoms. The van der Waals surface area contributed by atoms with Gasteiger partial charge in [-0.3, -0.25) is 9.69 Å². The second-order valence-electron chi connectivity index (χ2n) is 11.9. The maximum absolute atomic E-state index is 11.0. The molecule has 0 unspecified atom stereocenters. The Balaban J connectivity index is 1.25. The highest BCUT2D eigenvalue weighted by atomic mass is 16.5. The van der Waals surface area contributed by atoms with Crippen LogP contribution in [0.3, 0.4) is 0 Å². The molecule has 3 aromatic carbocycles. The summed E-state index contributed by atoms with van der Waals surface area (Å²) in [6, 6.07) is 25.3. The lowest BCUT2D eigenvalue weighted by Gasteiger charge is -2.37. The molecule has 3 N–H and O–H groups in total. The minimum Gasteiger partial charge on any atom is -0.497 e. The lowest BCUT2D eigenvalue weighted by molar-refractivity contribution is 0.139. The van der Waals surface area contributed by atoms with Crippen LogP contribution in [-0.2, 0) is 30.6 Å². The van der Waals surface area contributed by atoms with Crippen LogP contribution in [0.25, 0.3) is 21.8 Å². The van der Waals surface area contributed by atoms with Gasteiger partial charge < -0.3 is 24.6 Å². The first-order valence-electron chi connectivity index (χ1n) is 15.7. The smallest absolute Gasteiger partial charge is 0.309 e. The molecule has 3 aromatic heterocycles. The molecule has 229 valence electrons. The van der Waals surface area contributed by atoms with Crippen molar-refractivity contribution < 1.29 is 9.53 Å². The molecule has 1 saturated heterocycles. The molecule has 0 bridgehead atoms. The Labute approximate surface area is 262 Å². The van der Waals surface area contributed by atoms with Gasteiger partial charge in [-0.2, -0.15) is 0 Å². The summed E-state index contributed by atoms with van der Waals surface area (Å²) in [6.45, 7) is 2.37. The summed E-state index contributed by atoms with van der Waals surface area (Å²) in [7, 11) is 1.69. The summed E-state index contributed by atoms with van der Waals surface area (Å²) in [5, 5.41) is 15.2. The molecule has 1 aliphatic heterocycles. The number of aromatic nitrogens is 5. The number of amides is 1. The monoisotopic (exact) mass is 600 g/mol. The van der Waals surface area contributed by atoms with Crippen LogP contribution in [0.15, 0.2) is 85.2 Å². The first-order valence-corrected chi connectivity index (χ1v) is 15.7. The zero-order chi connectivity index (χ0) is 30.6. The van der Waals surface area contributed by atoms with E-state index in [4.69, 9.17) is 14.9 Å². The number of piperidine rings is 1. The summed E-state index contributed by atoms with van der Waals surface area (Å²) in [4.78, 5) is 20.4. The number of rotatable bonds is 12. The highest BCUT2D eigenvalue weighted by molar-refractivity contribution is 5.83. The van der Waals surface area contributed by atoms with Crippen LogP contribution in [0.5, 0.6) is 5.75 Å². The number of nitrogens with zero attached hydrogens (tertiary/aromatic N) is 4. The molecule has 6 aromatic rings. The fourth-order valence-corrected chi connectivity index (χ4v) is 6.78. The molecule has 45 heavy (non-hydrogen) atoms. The number of fused-ring (bicyclic) bond motifs is 2. The first kappa shape index (κ1) is 28.9. The van der Waals surface area contributed by atoms with Crippen molar-refractivity contribution in [3.8, 4) is 5.75 Å². The average Bonchev–Trinajstić information content (AvgIpc) is 3.81. The number of hydrogen-bond donors (Lipinski definition) is 3. The number of aryl methyl sites for hydroxylation is 2. The van der Waals surface area contributed by atoms with Crippen LogP contribution in [0, 0.1) is 0 Å². The Hall–Kier alpha value is -4.89. The number of H-pyrrole nitrogens is 2. The molecule has 9 heteroatoms. The standard InChI is InChI=1S/C36H38N7O2/c1-45-29-13-10-25(11-14-29)23-43-35(15-12-26-21-37-32-8-4-2-6-30(26)32)40-41-36(43)34(42-18-16-28(17-19-42)39-24-44)20-27-22-38-33-9-5-3-7-31(27)33/h2-11,13-14,21-22,28,34,37-38H,12,15-20,23H2,1H3,(H,39,44)/t34-/m1/s1. The summed E-state index contributed by atoms with van der Waals surface area (Å²) >= 11 is 0. The van der Waals surface area contributed by atoms with Gasteiger partial charge in [-0.15, -0.1) is 10.2 Å². The van der Waals surface area contributed by atoms with E-state index in [0.29, 0.717) is 6.54 Å². The first-order chi connectivity index (χ1) is 22.2. The van der Waals surface area contributed by atoms with Gasteiger partial charge in [0, 0.05) is 59.8 Å². The van der Waals surface area contributed by atoms with Crippen molar-refractivity contribution in [2.45, 2.75) is 50.7 Å². The number of para-hydroxylation sites is 2. The van der Waals surface area contributed by atoms with Gasteiger partial charge in [-0.25, -0.2) is 0 Å². The quantitative estimate of drug-likeness (QED) is 0.161. The van der Waals surface area contributed by atoms with Gasteiger partial charge >= 0.3 is 6.41 Å². The number of aromatic amines is 2. The van der Waals surface area contributed by atoms with Gasteiger partial charge in [-0.1, -0.05) is 48.5 Å². The molecule has 9 nitrogen and oxygen atoms in total. The van der Waals surface area contributed by atoms with Crippen LogP contribution in [-0.4, -0.2) is 62.3 Å². The third kappa shape index (κ3) is 6.08. The summed E-state index contributed by atoms with van der Waals surface area (Å²) in [5.41, 5.74) is 5.99.